The highest BCUT2D eigenvalue weighted by Gasteiger charge is 2.32. The molecule has 3 heteroatoms. The summed E-state index contributed by atoms with van der Waals surface area (Å²) in [5.41, 5.74) is 2.38. The van der Waals surface area contributed by atoms with Crippen LogP contribution in [0.25, 0.3) is 0 Å². The van der Waals surface area contributed by atoms with Gasteiger partial charge in [0.1, 0.15) is 4.75 Å². The third-order valence-corrected chi connectivity index (χ3v) is 3.39. The molecule has 1 heterocycles. The lowest BCUT2D eigenvalue weighted by molar-refractivity contribution is 0.855. The van der Waals surface area contributed by atoms with E-state index in [4.69, 9.17) is 5.26 Å². The molecule has 0 fully saturated rings. The second kappa shape index (κ2) is 4.08. The first kappa shape index (κ1) is 10.3. The van der Waals surface area contributed by atoms with Gasteiger partial charge < -0.3 is 0 Å². The molecule has 1 aromatic rings. The number of hydrogen-bond acceptors (Lipinski definition) is 3. The van der Waals surface area contributed by atoms with Crippen LogP contribution >= 0.6 is 11.9 Å². The fraction of sp³-hybridized carbons (Fsp3) is 0.333. The van der Waals surface area contributed by atoms with Gasteiger partial charge in [-0.2, -0.15) is 5.26 Å². The Bertz CT molecular complexity index is 419. The van der Waals surface area contributed by atoms with Crippen LogP contribution in [0.1, 0.15) is 18.9 Å². The third kappa shape index (κ3) is 2.40. The molecule has 1 unspecified atom stereocenters. The van der Waals surface area contributed by atoms with Gasteiger partial charge in [-0.25, -0.2) is 4.40 Å². The average Bonchev–Trinajstić information content (AvgIpc) is 2.63. The van der Waals surface area contributed by atoms with E-state index in [1.165, 1.54) is 17.5 Å². The van der Waals surface area contributed by atoms with E-state index < -0.39 is 0 Å². The smallest absolute Gasteiger partial charge is 0.126 e. The van der Waals surface area contributed by atoms with Crippen molar-refractivity contribution in [3.8, 4) is 6.07 Å². The average molecular weight is 216 g/mol. The summed E-state index contributed by atoms with van der Waals surface area (Å²) in [6, 6.07) is 12.6. The molecule has 0 saturated carbocycles. The molecule has 2 rings (SSSR count). The molecule has 1 aliphatic heterocycles. The topological polar surface area (TPSA) is 36.1 Å². The Morgan fingerprint density at radius 1 is 1.47 bits per heavy atom. The van der Waals surface area contributed by atoms with Gasteiger partial charge >= 0.3 is 0 Å². The van der Waals surface area contributed by atoms with Gasteiger partial charge in [-0.1, -0.05) is 30.3 Å². The van der Waals surface area contributed by atoms with Gasteiger partial charge in [-0.15, -0.1) is 0 Å². The van der Waals surface area contributed by atoms with Gasteiger partial charge in [0.15, 0.2) is 0 Å². The molecule has 0 N–H and O–H groups in total. The van der Waals surface area contributed by atoms with Crippen molar-refractivity contribution in [2.75, 3.05) is 0 Å². The Balaban J connectivity index is 2.03. The Morgan fingerprint density at radius 2 is 2.20 bits per heavy atom. The number of nitriles is 1. The third-order valence-electron chi connectivity index (χ3n) is 2.41. The van der Waals surface area contributed by atoms with Crippen LogP contribution < -0.4 is 0 Å². The normalized spacial score (nSPS) is 24.7. The molecule has 15 heavy (non-hydrogen) atoms. The monoisotopic (exact) mass is 216 g/mol. The van der Waals surface area contributed by atoms with Crippen LogP contribution in [0.5, 0.6) is 0 Å². The van der Waals surface area contributed by atoms with Crippen molar-refractivity contribution < 1.29 is 0 Å². The maximum absolute atomic E-state index is 8.96. The Morgan fingerprint density at radius 3 is 2.80 bits per heavy atom. The molecule has 0 bridgehead atoms. The number of benzene rings is 1. The van der Waals surface area contributed by atoms with Crippen molar-refractivity contribution >= 4 is 17.7 Å². The highest BCUT2D eigenvalue weighted by Crippen LogP contribution is 2.36. The Hall–Kier alpha value is -1.27. The molecule has 0 aliphatic carbocycles. The molecule has 0 amide bonds. The standard InChI is InChI=1S/C12H12N2S/c1-12(9-13)8-11(14-15-12)7-10-5-3-2-4-6-10/h2-6H,7-8H2,1H3. The van der Waals surface area contributed by atoms with Gasteiger partial charge in [-0.3, -0.25) is 0 Å². The second-order valence-electron chi connectivity index (χ2n) is 3.93. The van der Waals surface area contributed by atoms with Crippen LogP contribution in [0.4, 0.5) is 0 Å². The summed E-state index contributed by atoms with van der Waals surface area (Å²) in [6.45, 7) is 1.94. The zero-order valence-corrected chi connectivity index (χ0v) is 9.42. The van der Waals surface area contributed by atoms with Crippen LogP contribution in [0, 0.1) is 11.3 Å². The highest BCUT2D eigenvalue weighted by molar-refractivity contribution is 8.00. The fourth-order valence-electron chi connectivity index (χ4n) is 1.61. The molecule has 1 aromatic carbocycles. The quantitative estimate of drug-likeness (QED) is 0.712. The first-order valence-corrected chi connectivity index (χ1v) is 5.68. The zero-order chi connectivity index (χ0) is 10.7. The van der Waals surface area contributed by atoms with Crippen molar-refractivity contribution in [1.82, 2.24) is 0 Å². The summed E-state index contributed by atoms with van der Waals surface area (Å²) in [4.78, 5) is 0. The van der Waals surface area contributed by atoms with Crippen molar-refractivity contribution in [2.45, 2.75) is 24.5 Å². The molecule has 1 atom stereocenters. The lowest BCUT2D eigenvalue weighted by Crippen LogP contribution is -2.16. The second-order valence-corrected chi connectivity index (χ2v) is 5.20. The predicted molar refractivity (Wildman–Crippen MR) is 63.8 cm³/mol. The molecule has 2 nitrogen and oxygen atoms in total. The SMILES string of the molecule is CC1(C#N)CC(Cc2ccccc2)=NS1. The summed E-state index contributed by atoms with van der Waals surface area (Å²) in [7, 11) is 0. The van der Waals surface area contributed by atoms with E-state index in [0.29, 0.717) is 0 Å². The van der Waals surface area contributed by atoms with E-state index in [1.807, 2.05) is 25.1 Å². The first-order chi connectivity index (χ1) is 7.22. The number of rotatable bonds is 2. The minimum atomic E-state index is -0.343. The minimum Gasteiger partial charge on any atom is -0.224 e. The minimum absolute atomic E-state index is 0.343. The lowest BCUT2D eigenvalue weighted by atomic mass is 10.00. The number of nitrogens with zero attached hydrogens (tertiary/aromatic N) is 2. The highest BCUT2D eigenvalue weighted by atomic mass is 32.2. The summed E-state index contributed by atoms with van der Waals surface area (Å²) in [6.07, 6.45) is 1.65. The predicted octanol–water partition coefficient (Wildman–Crippen LogP) is 3.00. The maximum Gasteiger partial charge on any atom is 0.126 e. The van der Waals surface area contributed by atoms with Crippen LogP contribution in [0.15, 0.2) is 34.7 Å². The van der Waals surface area contributed by atoms with Crippen molar-refractivity contribution in [1.29, 1.82) is 5.26 Å². The van der Waals surface area contributed by atoms with Gasteiger partial charge in [0.2, 0.25) is 0 Å². The van der Waals surface area contributed by atoms with Crippen LogP contribution in [0.2, 0.25) is 0 Å². The van der Waals surface area contributed by atoms with Crippen LogP contribution in [-0.4, -0.2) is 10.5 Å². The van der Waals surface area contributed by atoms with E-state index >= 15 is 0 Å². The van der Waals surface area contributed by atoms with Crippen molar-refractivity contribution in [3.05, 3.63) is 35.9 Å². The van der Waals surface area contributed by atoms with Gasteiger partial charge in [0.05, 0.1) is 6.07 Å². The Labute approximate surface area is 94.2 Å². The van der Waals surface area contributed by atoms with E-state index in [2.05, 4.69) is 22.6 Å². The van der Waals surface area contributed by atoms with Crippen LogP contribution in [-0.2, 0) is 6.42 Å². The Kier molecular flexibility index (Phi) is 2.79. The van der Waals surface area contributed by atoms with Gasteiger partial charge in [-0.05, 0) is 24.4 Å². The molecule has 76 valence electrons. The summed E-state index contributed by atoms with van der Waals surface area (Å²) >= 11 is 1.40. The summed E-state index contributed by atoms with van der Waals surface area (Å²) in [5, 5.41) is 8.96. The lowest BCUT2D eigenvalue weighted by Gasteiger charge is -2.09. The van der Waals surface area contributed by atoms with Crippen LogP contribution in [0.3, 0.4) is 0 Å². The fourth-order valence-corrected chi connectivity index (χ4v) is 2.34. The molecule has 0 saturated heterocycles. The van der Waals surface area contributed by atoms with Crippen molar-refractivity contribution in [2.24, 2.45) is 4.40 Å². The number of hydrogen-bond donors (Lipinski definition) is 0. The van der Waals surface area contributed by atoms with Gasteiger partial charge in [0.25, 0.3) is 0 Å². The van der Waals surface area contributed by atoms with Crippen molar-refractivity contribution in [3.63, 3.8) is 0 Å². The maximum atomic E-state index is 8.96. The molecular formula is C12H12N2S. The summed E-state index contributed by atoms with van der Waals surface area (Å²) in [5.74, 6) is 0. The van der Waals surface area contributed by atoms with E-state index in [0.717, 1.165) is 18.6 Å². The molecule has 1 aliphatic rings. The van der Waals surface area contributed by atoms with Gasteiger partial charge in [0, 0.05) is 18.6 Å². The van der Waals surface area contributed by atoms with E-state index in [9.17, 15) is 0 Å². The van der Waals surface area contributed by atoms with E-state index in [-0.39, 0.29) is 4.75 Å². The largest absolute Gasteiger partial charge is 0.224 e. The zero-order valence-electron chi connectivity index (χ0n) is 8.60. The molecule has 0 spiro atoms. The van der Waals surface area contributed by atoms with E-state index in [1.54, 1.807) is 0 Å². The molecule has 0 aromatic heterocycles. The first-order valence-electron chi connectivity index (χ1n) is 4.91. The molecule has 0 radical (unpaired) electrons. The summed E-state index contributed by atoms with van der Waals surface area (Å²) < 4.78 is 4.02. The molecular weight excluding hydrogens is 204 g/mol.